The normalized spacial score (nSPS) is 21.1. The Hall–Kier alpha value is -1.61. The average molecular weight is 417 g/mol. The molecule has 1 unspecified atom stereocenters. The first-order valence-corrected chi connectivity index (χ1v) is 10.6. The molecule has 2 N–H and O–H groups in total. The molecule has 28 heavy (non-hydrogen) atoms. The highest BCUT2D eigenvalue weighted by atomic mass is 32.2. The van der Waals surface area contributed by atoms with E-state index in [0.29, 0.717) is 43.2 Å². The third-order valence-corrected chi connectivity index (χ3v) is 6.36. The third kappa shape index (κ3) is 5.70. The zero-order valence-electron chi connectivity index (χ0n) is 16.0. The Bertz CT molecular complexity index is 672. The number of halogens is 3. The molecule has 0 aliphatic carbocycles. The van der Waals surface area contributed by atoms with E-state index in [4.69, 9.17) is 4.74 Å². The predicted octanol–water partition coefficient (Wildman–Crippen LogP) is 3.10. The number of nitrogens with one attached hydrogen (secondary N) is 2. The summed E-state index contributed by atoms with van der Waals surface area (Å²) in [4.78, 5) is 6.06. The Morgan fingerprint density at radius 3 is 2.71 bits per heavy atom. The maximum Gasteiger partial charge on any atom is 0.416 e. The summed E-state index contributed by atoms with van der Waals surface area (Å²) in [5.74, 6) is 1.70. The van der Waals surface area contributed by atoms with Gasteiger partial charge in [-0.3, -0.25) is 4.99 Å². The van der Waals surface area contributed by atoms with Crippen LogP contribution in [0.4, 0.5) is 18.9 Å². The number of thioether (sulfide) groups is 1. The number of guanidine groups is 1. The van der Waals surface area contributed by atoms with E-state index in [1.807, 2.05) is 16.7 Å². The first-order valence-electron chi connectivity index (χ1n) is 9.56. The lowest BCUT2D eigenvalue weighted by atomic mass is 10.0. The smallest absolute Gasteiger partial charge is 0.378 e. The van der Waals surface area contributed by atoms with Crippen molar-refractivity contribution in [1.29, 1.82) is 0 Å². The van der Waals surface area contributed by atoms with Crippen LogP contribution in [0.2, 0.25) is 0 Å². The van der Waals surface area contributed by atoms with Gasteiger partial charge in [-0.2, -0.15) is 24.9 Å². The fraction of sp³-hybridized carbons (Fsp3) is 0.632. The second-order valence-electron chi connectivity index (χ2n) is 6.88. The highest BCUT2D eigenvalue weighted by Crippen LogP contribution is 2.35. The van der Waals surface area contributed by atoms with Gasteiger partial charge in [-0.25, -0.2) is 0 Å². The zero-order valence-corrected chi connectivity index (χ0v) is 16.8. The van der Waals surface area contributed by atoms with E-state index < -0.39 is 11.7 Å². The van der Waals surface area contributed by atoms with E-state index in [2.05, 4.69) is 15.6 Å². The number of hydrogen-bond donors (Lipinski definition) is 2. The summed E-state index contributed by atoms with van der Waals surface area (Å²) in [7, 11) is 1.63. The number of morpholine rings is 1. The molecule has 156 valence electrons. The topological polar surface area (TPSA) is 48.9 Å². The number of alkyl halides is 3. The summed E-state index contributed by atoms with van der Waals surface area (Å²) < 4.78 is 46.2. The van der Waals surface area contributed by atoms with Gasteiger partial charge in [0.25, 0.3) is 0 Å². The number of nitrogens with zero attached hydrogens (tertiary/aromatic N) is 2. The molecule has 0 aromatic heterocycles. The van der Waals surface area contributed by atoms with Crippen LogP contribution in [0.25, 0.3) is 0 Å². The second kappa shape index (κ2) is 9.73. The molecule has 1 aromatic rings. The molecule has 1 aromatic carbocycles. The molecule has 2 aliphatic rings. The molecule has 5 nitrogen and oxygen atoms in total. The van der Waals surface area contributed by atoms with Crippen LogP contribution in [0, 0.1) is 0 Å². The number of benzene rings is 1. The maximum atomic E-state index is 13.6. The number of anilines is 1. The molecule has 0 bridgehead atoms. The molecule has 1 atom stereocenters. The zero-order chi connectivity index (χ0) is 20.0. The van der Waals surface area contributed by atoms with E-state index in [9.17, 15) is 13.2 Å². The lowest BCUT2D eigenvalue weighted by Crippen LogP contribution is -2.40. The van der Waals surface area contributed by atoms with Crippen molar-refractivity contribution in [2.24, 2.45) is 4.99 Å². The highest BCUT2D eigenvalue weighted by Gasteiger charge is 2.34. The van der Waals surface area contributed by atoms with Gasteiger partial charge < -0.3 is 20.3 Å². The van der Waals surface area contributed by atoms with Crippen LogP contribution < -0.4 is 15.5 Å². The van der Waals surface area contributed by atoms with Gasteiger partial charge in [0, 0.05) is 44.2 Å². The van der Waals surface area contributed by atoms with Crippen molar-refractivity contribution in [2.75, 3.05) is 50.5 Å². The molecule has 9 heteroatoms. The van der Waals surface area contributed by atoms with E-state index in [1.54, 1.807) is 19.2 Å². The molecule has 0 amide bonds. The third-order valence-electron chi connectivity index (χ3n) is 4.97. The molecule has 2 heterocycles. The van der Waals surface area contributed by atoms with Crippen molar-refractivity contribution in [1.82, 2.24) is 10.6 Å². The van der Waals surface area contributed by atoms with Gasteiger partial charge in [0.2, 0.25) is 0 Å². The predicted molar refractivity (Wildman–Crippen MR) is 108 cm³/mol. The van der Waals surface area contributed by atoms with Crippen molar-refractivity contribution in [3.8, 4) is 0 Å². The van der Waals surface area contributed by atoms with Gasteiger partial charge in [-0.1, -0.05) is 6.07 Å². The molecule has 2 aliphatic heterocycles. The first kappa shape index (κ1) is 21.1. The molecule has 0 saturated carbocycles. The number of rotatable bonds is 5. The fourth-order valence-electron chi connectivity index (χ4n) is 3.42. The standard InChI is InChI=1S/C19H27F3N4OS/c1-23-18(25-13-16-3-2-10-28-16)24-12-14-4-5-15(11-17(14)19(20,21)22)26-6-8-27-9-7-26/h4-5,11,16H,2-3,6-10,12-13H2,1H3,(H2,23,24,25). The van der Waals surface area contributed by atoms with Crippen LogP contribution in [-0.2, 0) is 17.5 Å². The van der Waals surface area contributed by atoms with Crippen LogP contribution in [0.3, 0.4) is 0 Å². The van der Waals surface area contributed by atoms with Crippen molar-refractivity contribution >= 4 is 23.4 Å². The van der Waals surface area contributed by atoms with Gasteiger partial charge in [0.1, 0.15) is 0 Å². The van der Waals surface area contributed by atoms with Crippen LogP contribution in [0.1, 0.15) is 24.0 Å². The minimum absolute atomic E-state index is 0.0652. The molecular formula is C19H27F3N4OS. The first-order chi connectivity index (χ1) is 13.5. The lowest BCUT2D eigenvalue weighted by molar-refractivity contribution is -0.138. The number of aliphatic imine (C=N–C) groups is 1. The number of ether oxygens (including phenoxy) is 1. The van der Waals surface area contributed by atoms with Crippen molar-refractivity contribution in [3.63, 3.8) is 0 Å². The van der Waals surface area contributed by atoms with Crippen LogP contribution >= 0.6 is 11.8 Å². The van der Waals surface area contributed by atoms with Crippen LogP contribution in [0.5, 0.6) is 0 Å². The summed E-state index contributed by atoms with van der Waals surface area (Å²) in [5, 5.41) is 6.77. The molecule has 0 spiro atoms. The summed E-state index contributed by atoms with van der Waals surface area (Å²) in [5.41, 5.74) is 0.189. The van der Waals surface area contributed by atoms with Gasteiger partial charge >= 0.3 is 6.18 Å². The molecule has 2 fully saturated rings. The maximum absolute atomic E-state index is 13.6. The van der Waals surface area contributed by atoms with E-state index in [-0.39, 0.29) is 12.1 Å². The molecular weight excluding hydrogens is 389 g/mol. The SMILES string of the molecule is CN=C(NCc1ccc(N2CCOCC2)cc1C(F)(F)F)NCC1CCCS1. The minimum atomic E-state index is -4.41. The Kier molecular flexibility index (Phi) is 7.34. The summed E-state index contributed by atoms with van der Waals surface area (Å²) >= 11 is 1.92. The largest absolute Gasteiger partial charge is 0.416 e. The average Bonchev–Trinajstić information content (AvgIpc) is 3.22. The second-order valence-corrected chi connectivity index (χ2v) is 8.29. The lowest BCUT2D eigenvalue weighted by Gasteiger charge is -2.29. The van der Waals surface area contributed by atoms with Crippen molar-refractivity contribution in [3.05, 3.63) is 29.3 Å². The fourth-order valence-corrected chi connectivity index (χ4v) is 4.62. The Morgan fingerprint density at radius 1 is 1.29 bits per heavy atom. The minimum Gasteiger partial charge on any atom is -0.378 e. The highest BCUT2D eigenvalue weighted by molar-refractivity contribution is 8.00. The van der Waals surface area contributed by atoms with Crippen LogP contribution in [0.15, 0.2) is 23.2 Å². The van der Waals surface area contributed by atoms with Gasteiger partial charge in [0.05, 0.1) is 18.8 Å². The monoisotopic (exact) mass is 416 g/mol. The van der Waals surface area contributed by atoms with Crippen molar-refractivity contribution in [2.45, 2.75) is 30.8 Å². The molecule has 3 rings (SSSR count). The van der Waals surface area contributed by atoms with E-state index >= 15 is 0 Å². The summed E-state index contributed by atoms with van der Waals surface area (Å²) in [6.07, 6.45) is -2.03. The van der Waals surface area contributed by atoms with E-state index in [0.717, 1.165) is 13.0 Å². The Labute approximate surface area is 168 Å². The van der Waals surface area contributed by atoms with Crippen LogP contribution in [-0.4, -0.2) is 56.9 Å². The quantitative estimate of drug-likeness (QED) is 0.571. The number of hydrogen-bond acceptors (Lipinski definition) is 4. The molecule has 0 radical (unpaired) electrons. The summed E-state index contributed by atoms with van der Waals surface area (Å²) in [6, 6.07) is 4.55. The van der Waals surface area contributed by atoms with Gasteiger partial charge in [-0.15, -0.1) is 0 Å². The Balaban J connectivity index is 1.65. The van der Waals surface area contributed by atoms with E-state index in [1.165, 1.54) is 18.2 Å². The van der Waals surface area contributed by atoms with Gasteiger partial charge in [0.15, 0.2) is 5.96 Å². The van der Waals surface area contributed by atoms with Crippen molar-refractivity contribution < 1.29 is 17.9 Å². The summed E-state index contributed by atoms with van der Waals surface area (Å²) in [6.45, 7) is 3.11. The Morgan fingerprint density at radius 2 is 2.07 bits per heavy atom. The molecule has 2 saturated heterocycles. The van der Waals surface area contributed by atoms with Gasteiger partial charge in [-0.05, 0) is 36.3 Å².